The molecule has 3 aliphatic rings. The summed E-state index contributed by atoms with van der Waals surface area (Å²) in [6.07, 6.45) is -0.245. The van der Waals surface area contributed by atoms with Crippen LogP contribution in [0.1, 0.15) is 88.1 Å². The molecule has 0 spiro atoms. The molecule has 18 heteroatoms. The van der Waals surface area contributed by atoms with Gasteiger partial charge in [-0.15, -0.1) is 0 Å². The molecule has 4 unspecified atom stereocenters. The maximum absolute atomic E-state index is 13.9. The Bertz CT molecular complexity index is 2320. The third-order valence-electron chi connectivity index (χ3n) is 10.7. The molecule has 0 bridgehead atoms. The molecule has 4 aromatic rings. The van der Waals surface area contributed by atoms with Crippen LogP contribution in [0.3, 0.4) is 0 Å². The molecule has 1 fully saturated rings. The Kier molecular flexibility index (Phi) is 10.5. The number of nitrogens with one attached hydrogen (secondary N) is 2. The summed E-state index contributed by atoms with van der Waals surface area (Å²) in [5.74, 6) is -3.55. The number of unbranched alkanes of at least 4 members (excludes halogenated alkanes) is 2. The molecule has 56 heavy (non-hydrogen) atoms. The molecule has 6 atom stereocenters. The Labute approximate surface area is 318 Å². The lowest BCUT2D eigenvalue weighted by atomic mass is 9.72. The van der Waals surface area contributed by atoms with Crippen LogP contribution in [0.2, 0.25) is 0 Å². The SMILES string of the molecule is COc1cccc2c1C(=O)c1c(O)c3c(c(O)c1C2=O)C[C@@](O)(C(=O)CO)C[C@@H]3OC1CC(/N=C\CCCCNc2nc3c(ncn3C)c(=O)[nH]2)C(O)C(C)O1. The number of H-pyrrole nitrogens is 1. The van der Waals surface area contributed by atoms with E-state index in [1.807, 2.05) is 0 Å². The number of aliphatic imine (C=N–C) groups is 1. The number of fused-ring (bicyclic) bond motifs is 4. The van der Waals surface area contributed by atoms with E-state index in [1.165, 1.54) is 31.6 Å². The van der Waals surface area contributed by atoms with Crippen molar-refractivity contribution in [3.05, 3.63) is 68.3 Å². The number of anilines is 1. The van der Waals surface area contributed by atoms with Gasteiger partial charge in [-0.1, -0.05) is 12.1 Å². The number of aryl methyl sites for hydroxylation is 1. The van der Waals surface area contributed by atoms with E-state index in [9.17, 15) is 44.7 Å². The van der Waals surface area contributed by atoms with Gasteiger partial charge in [0, 0.05) is 49.5 Å². The molecule has 7 N–H and O–H groups in total. The molecular weight excluding hydrogens is 732 g/mol. The van der Waals surface area contributed by atoms with Gasteiger partial charge < -0.3 is 49.6 Å². The number of phenolic OH excluding ortho intramolecular Hbond substituents is 2. The summed E-state index contributed by atoms with van der Waals surface area (Å²) < 4.78 is 19.2. The van der Waals surface area contributed by atoms with E-state index in [0.29, 0.717) is 37.4 Å². The van der Waals surface area contributed by atoms with Gasteiger partial charge in [-0.25, -0.2) is 4.98 Å². The highest BCUT2D eigenvalue weighted by Gasteiger charge is 2.50. The standard InChI is InChI=1S/C38H42N6O12/c1-17-30(47)20(39-10-5-4-6-11-40-37-42-35-29(36(52)43-37)41-16-44(35)2)12-24(55-17)56-22-14-38(53,23(46)15-45)13-19-26(22)34(51)28-27(32(19)49)31(48)18-8-7-9-21(54-3)25(18)33(28)50/h7-10,16-17,20,22,24,30,45,47,49,51,53H,4-6,11-15H2,1-3H3,(H2,40,42,43,52)/b39-10-/t17?,20?,22-,24?,30?,38-/m0/s1. The maximum Gasteiger partial charge on any atom is 0.280 e. The van der Waals surface area contributed by atoms with Gasteiger partial charge in [0.1, 0.15) is 35.6 Å². The topological polar surface area (TPSA) is 268 Å². The molecule has 0 amide bonds. The largest absolute Gasteiger partial charge is 0.507 e. The van der Waals surface area contributed by atoms with Crippen molar-refractivity contribution in [2.75, 3.05) is 25.6 Å². The van der Waals surface area contributed by atoms with Crippen LogP contribution >= 0.6 is 0 Å². The Morgan fingerprint density at radius 2 is 1.93 bits per heavy atom. The Balaban J connectivity index is 1.08. The molecule has 2 aromatic carbocycles. The van der Waals surface area contributed by atoms with Crippen LogP contribution in [-0.2, 0) is 27.7 Å². The summed E-state index contributed by atoms with van der Waals surface area (Å²) >= 11 is 0. The number of nitrogens with zero attached hydrogens (tertiary/aromatic N) is 4. The van der Waals surface area contributed by atoms with E-state index >= 15 is 0 Å². The number of methoxy groups -OCH3 is 1. The van der Waals surface area contributed by atoms with Crippen molar-refractivity contribution >= 4 is 40.7 Å². The fourth-order valence-electron chi connectivity index (χ4n) is 7.72. The zero-order chi connectivity index (χ0) is 40.1. The summed E-state index contributed by atoms with van der Waals surface area (Å²) in [6, 6.07) is 3.67. The summed E-state index contributed by atoms with van der Waals surface area (Å²) in [4.78, 5) is 68.5. The average molecular weight is 775 g/mol. The second kappa shape index (κ2) is 15.2. The Hall–Kier alpha value is -5.53. The predicted octanol–water partition coefficient (Wildman–Crippen LogP) is 1.37. The van der Waals surface area contributed by atoms with Crippen LogP contribution in [0, 0.1) is 0 Å². The van der Waals surface area contributed by atoms with Crippen LogP contribution < -0.4 is 15.6 Å². The molecule has 3 heterocycles. The summed E-state index contributed by atoms with van der Waals surface area (Å²) in [5.41, 5.74) is -3.41. The molecule has 296 valence electrons. The quantitative estimate of drug-likeness (QED) is 0.0536. The number of Topliss-reactive ketones (excluding diaryl/α,β-unsaturated/α-hetero) is 1. The lowest BCUT2D eigenvalue weighted by molar-refractivity contribution is -0.247. The highest BCUT2D eigenvalue weighted by Crippen LogP contribution is 2.52. The lowest BCUT2D eigenvalue weighted by Gasteiger charge is -2.42. The van der Waals surface area contributed by atoms with Gasteiger partial charge in [0.2, 0.25) is 11.7 Å². The van der Waals surface area contributed by atoms with Crippen molar-refractivity contribution in [1.29, 1.82) is 0 Å². The number of hydrogen-bond donors (Lipinski definition) is 7. The van der Waals surface area contributed by atoms with Crippen molar-refractivity contribution < 1.29 is 54.1 Å². The van der Waals surface area contributed by atoms with Crippen LogP contribution in [0.15, 0.2) is 34.3 Å². The number of rotatable bonds is 12. The van der Waals surface area contributed by atoms with Gasteiger partial charge in [0.05, 0.1) is 48.4 Å². The molecule has 2 aliphatic carbocycles. The number of ether oxygens (including phenoxy) is 3. The van der Waals surface area contributed by atoms with Gasteiger partial charge in [0.15, 0.2) is 29.0 Å². The van der Waals surface area contributed by atoms with Crippen LogP contribution in [0.25, 0.3) is 11.2 Å². The first-order valence-electron chi connectivity index (χ1n) is 18.2. The number of aromatic amines is 1. The predicted molar refractivity (Wildman–Crippen MR) is 198 cm³/mol. The fraction of sp³-hybridized carbons (Fsp3) is 0.447. The number of aromatic hydroxyl groups is 2. The second-order valence-corrected chi connectivity index (χ2v) is 14.3. The van der Waals surface area contributed by atoms with E-state index < -0.39 is 95.7 Å². The number of aromatic nitrogens is 4. The minimum absolute atomic E-state index is 0.0109. The number of aliphatic hydroxyl groups excluding tert-OH is 2. The van der Waals surface area contributed by atoms with E-state index in [0.717, 1.165) is 0 Å². The van der Waals surface area contributed by atoms with E-state index in [2.05, 4.69) is 25.3 Å². The number of phenols is 2. The third-order valence-corrected chi connectivity index (χ3v) is 10.7. The number of hydrogen-bond acceptors (Lipinski definition) is 16. The molecular formula is C38H42N6O12. The van der Waals surface area contributed by atoms with Crippen molar-refractivity contribution in [3.63, 3.8) is 0 Å². The summed E-state index contributed by atoms with van der Waals surface area (Å²) in [7, 11) is 3.07. The van der Waals surface area contributed by atoms with E-state index in [-0.39, 0.29) is 45.5 Å². The highest BCUT2D eigenvalue weighted by atomic mass is 16.7. The normalized spacial score (nSPS) is 24.6. The smallest absolute Gasteiger partial charge is 0.280 e. The average Bonchev–Trinajstić information content (AvgIpc) is 3.56. The Morgan fingerprint density at radius 3 is 2.68 bits per heavy atom. The lowest BCUT2D eigenvalue weighted by Crippen LogP contribution is -2.50. The van der Waals surface area contributed by atoms with Gasteiger partial charge in [0.25, 0.3) is 5.56 Å². The monoisotopic (exact) mass is 774 g/mol. The number of ketones is 3. The zero-order valence-corrected chi connectivity index (χ0v) is 30.8. The number of aliphatic hydroxyl groups is 3. The van der Waals surface area contributed by atoms with Gasteiger partial charge in [-0.3, -0.25) is 29.2 Å². The van der Waals surface area contributed by atoms with Crippen molar-refractivity contribution in [3.8, 4) is 17.2 Å². The van der Waals surface area contributed by atoms with E-state index in [1.54, 1.807) is 24.8 Å². The van der Waals surface area contributed by atoms with Crippen molar-refractivity contribution in [1.82, 2.24) is 19.5 Å². The first-order chi connectivity index (χ1) is 26.8. The first kappa shape index (κ1) is 38.7. The molecule has 0 saturated carbocycles. The number of carbonyl (C=O) groups excluding carboxylic acids is 3. The maximum atomic E-state index is 13.9. The van der Waals surface area contributed by atoms with Gasteiger partial charge in [-0.05, 0) is 38.5 Å². The van der Waals surface area contributed by atoms with Crippen molar-refractivity contribution in [2.24, 2.45) is 12.0 Å². The van der Waals surface area contributed by atoms with Crippen molar-refractivity contribution in [2.45, 2.75) is 81.7 Å². The van der Waals surface area contributed by atoms with Gasteiger partial charge in [-0.2, -0.15) is 4.98 Å². The summed E-state index contributed by atoms with van der Waals surface area (Å²) in [6.45, 7) is 1.09. The van der Waals surface area contributed by atoms with Crippen LogP contribution in [-0.4, -0.2) is 119 Å². The van der Waals surface area contributed by atoms with Gasteiger partial charge >= 0.3 is 0 Å². The molecule has 1 aliphatic heterocycles. The summed E-state index contributed by atoms with van der Waals surface area (Å²) in [5, 5.41) is 58.7. The number of benzene rings is 2. The zero-order valence-electron chi connectivity index (χ0n) is 30.8. The fourth-order valence-corrected chi connectivity index (χ4v) is 7.72. The van der Waals surface area contributed by atoms with Crippen LogP contribution in [0.4, 0.5) is 5.95 Å². The molecule has 0 radical (unpaired) electrons. The van der Waals surface area contributed by atoms with Crippen LogP contribution in [0.5, 0.6) is 17.2 Å². The van der Waals surface area contributed by atoms with E-state index in [4.69, 9.17) is 14.2 Å². The second-order valence-electron chi connectivity index (χ2n) is 14.3. The Morgan fingerprint density at radius 1 is 1.16 bits per heavy atom. The minimum atomic E-state index is -2.30. The third kappa shape index (κ3) is 6.72. The molecule has 7 rings (SSSR count). The first-order valence-corrected chi connectivity index (χ1v) is 18.2. The number of carbonyl (C=O) groups is 3. The molecule has 2 aromatic heterocycles. The molecule has 18 nitrogen and oxygen atoms in total. The number of imidazole rings is 1. The highest BCUT2D eigenvalue weighted by molar-refractivity contribution is 6.31. The molecule has 1 saturated heterocycles. The minimum Gasteiger partial charge on any atom is -0.507 e.